The molecule has 0 unspecified atom stereocenters. The molecule has 0 fully saturated rings. The molecule has 2 heterocycles. The van der Waals surface area contributed by atoms with E-state index in [0.717, 1.165) is 16.9 Å². The molecule has 5 nitrogen and oxygen atoms in total. The van der Waals surface area contributed by atoms with Crippen molar-refractivity contribution in [2.24, 2.45) is 0 Å². The van der Waals surface area contributed by atoms with E-state index >= 15 is 0 Å². The second-order valence-electron chi connectivity index (χ2n) is 7.99. The van der Waals surface area contributed by atoms with Crippen LogP contribution >= 0.6 is 46.4 Å². The first-order chi connectivity index (χ1) is 16.8. The first-order valence-corrected chi connectivity index (χ1v) is 12.1. The Bertz CT molecular complexity index is 1480. The molecule has 35 heavy (non-hydrogen) atoms. The number of carbonyl (C=O) groups is 2. The second-order valence-corrected chi connectivity index (χ2v) is 9.53. The topological polar surface area (TPSA) is 54.3 Å². The van der Waals surface area contributed by atoms with Gasteiger partial charge in [0.25, 0.3) is 11.8 Å². The SMILES string of the molecule is O=C(Nc1ccc(C(=O)N2Cc3cccn3Cc3ccccc32)c(Cl)c1Cl)c1cccc(Cl)c1Cl. The maximum atomic E-state index is 13.7. The summed E-state index contributed by atoms with van der Waals surface area (Å²) in [6.07, 6.45) is 1.99. The highest BCUT2D eigenvalue weighted by atomic mass is 35.5. The summed E-state index contributed by atoms with van der Waals surface area (Å²) in [7, 11) is 0. The predicted octanol–water partition coefficient (Wildman–Crippen LogP) is 7.56. The fraction of sp³-hybridized carbons (Fsp3) is 0.0769. The molecule has 176 valence electrons. The molecule has 5 rings (SSSR count). The highest BCUT2D eigenvalue weighted by Crippen LogP contribution is 2.37. The van der Waals surface area contributed by atoms with E-state index in [1.54, 1.807) is 35.2 Å². The molecular weight excluding hydrogens is 528 g/mol. The number of hydrogen-bond acceptors (Lipinski definition) is 2. The largest absolute Gasteiger partial charge is 0.345 e. The van der Waals surface area contributed by atoms with E-state index < -0.39 is 5.91 Å². The van der Waals surface area contributed by atoms with E-state index in [-0.39, 0.29) is 42.8 Å². The number of para-hydroxylation sites is 1. The van der Waals surface area contributed by atoms with Gasteiger partial charge in [0, 0.05) is 24.1 Å². The number of anilines is 2. The molecule has 1 aromatic heterocycles. The van der Waals surface area contributed by atoms with Crippen molar-refractivity contribution in [3.63, 3.8) is 0 Å². The Morgan fingerprint density at radius 1 is 0.743 bits per heavy atom. The molecule has 0 atom stereocenters. The Morgan fingerprint density at radius 2 is 1.54 bits per heavy atom. The number of halogens is 4. The average molecular weight is 545 g/mol. The second kappa shape index (κ2) is 9.59. The molecule has 1 aliphatic rings. The molecular formula is C26H17Cl4N3O2. The Morgan fingerprint density at radius 3 is 2.37 bits per heavy atom. The van der Waals surface area contributed by atoms with Crippen molar-refractivity contribution in [3.05, 3.63) is 115 Å². The number of aromatic nitrogens is 1. The van der Waals surface area contributed by atoms with Gasteiger partial charge < -0.3 is 14.8 Å². The lowest BCUT2D eigenvalue weighted by atomic mass is 10.1. The van der Waals surface area contributed by atoms with Gasteiger partial charge in [-0.3, -0.25) is 9.59 Å². The lowest BCUT2D eigenvalue weighted by molar-refractivity contribution is 0.0984. The smallest absolute Gasteiger partial charge is 0.260 e. The molecule has 0 radical (unpaired) electrons. The van der Waals surface area contributed by atoms with Gasteiger partial charge in [-0.25, -0.2) is 0 Å². The third-order valence-electron chi connectivity index (χ3n) is 5.87. The number of carbonyl (C=O) groups excluding carboxylic acids is 2. The van der Waals surface area contributed by atoms with E-state index in [0.29, 0.717) is 13.1 Å². The monoisotopic (exact) mass is 543 g/mol. The lowest BCUT2D eigenvalue weighted by Crippen LogP contribution is -2.31. The summed E-state index contributed by atoms with van der Waals surface area (Å²) in [5.74, 6) is -0.800. The number of nitrogens with one attached hydrogen (secondary N) is 1. The summed E-state index contributed by atoms with van der Waals surface area (Å²) in [5, 5.41) is 3.17. The van der Waals surface area contributed by atoms with Crippen molar-refractivity contribution in [1.82, 2.24) is 4.57 Å². The summed E-state index contributed by atoms with van der Waals surface area (Å²) < 4.78 is 2.11. The maximum Gasteiger partial charge on any atom is 0.260 e. The van der Waals surface area contributed by atoms with Crippen LogP contribution in [-0.4, -0.2) is 16.4 Å². The van der Waals surface area contributed by atoms with E-state index in [2.05, 4.69) is 9.88 Å². The molecule has 0 aliphatic carbocycles. The van der Waals surface area contributed by atoms with Gasteiger partial charge in [0.2, 0.25) is 0 Å². The highest BCUT2D eigenvalue weighted by molar-refractivity contribution is 6.46. The minimum Gasteiger partial charge on any atom is -0.345 e. The minimum atomic E-state index is -0.503. The minimum absolute atomic E-state index is 0.0452. The summed E-state index contributed by atoms with van der Waals surface area (Å²) in [6, 6.07) is 19.6. The van der Waals surface area contributed by atoms with Gasteiger partial charge in [-0.15, -0.1) is 0 Å². The number of hydrogen-bond donors (Lipinski definition) is 1. The molecule has 2 amide bonds. The van der Waals surface area contributed by atoms with Crippen LogP contribution in [0.3, 0.4) is 0 Å². The molecule has 1 N–H and O–H groups in total. The van der Waals surface area contributed by atoms with Gasteiger partial charge in [-0.05, 0) is 48.0 Å². The quantitative estimate of drug-likeness (QED) is 0.289. The normalized spacial score (nSPS) is 12.5. The van der Waals surface area contributed by atoms with E-state index in [9.17, 15) is 9.59 Å². The van der Waals surface area contributed by atoms with Gasteiger partial charge >= 0.3 is 0 Å². The van der Waals surface area contributed by atoms with Crippen LogP contribution in [0.5, 0.6) is 0 Å². The molecule has 1 aliphatic heterocycles. The van der Waals surface area contributed by atoms with Gasteiger partial charge in [-0.2, -0.15) is 0 Å². The van der Waals surface area contributed by atoms with Gasteiger partial charge in [0.05, 0.1) is 43.4 Å². The van der Waals surface area contributed by atoms with Crippen molar-refractivity contribution < 1.29 is 9.59 Å². The first-order valence-electron chi connectivity index (χ1n) is 10.6. The van der Waals surface area contributed by atoms with Gasteiger partial charge in [0.15, 0.2) is 0 Å². The number of benzene rings is 3. The van der Waals surface area contributed by atoms with Crippen molar-refractivity contribution >= 4 is 69.6 Å². The number of nitrogens with zero attached hydrogens (tertiary/aromatic N) is 2. The van der Waals surface area contributed by atoms with E-state index in [1.165, 1.54) is 0 Å². The van der Waals surface area contributed by atoms with Crippen molar-refractivity contribution in [3.8, 4) is 0 Å². The summed E-state index contributed by atoms with van der Waals surface area (Å²) in [4.78, 5) is 28.2. The van der Waals surface area contributed by atoms with Crippen LogP contribution in [0.4, 0.5) is 11.4 Å². The van der Waals surface area contributed by atoms with Crippen molar-refractivity contribution in [2.45, 2.75) is 13.1 Å². The van der Waals surface area contributed by atoms with Crippen molar-refractivity contribution in [2.75, 3.05) is 10.2 Å². The van der Waals surface area contributed by atoms with Crippen LogP contribution in [0.15, 0.2) is 72.9 Å². The summed E-state index contributed by atoms with van der Waals surface area (Å²) in [5.41, 5.74) is 3.49. The Kier molecular flexibility index (Phi) is 6.51. The first kappa shape index (κ1) is 23.8. The van der Waals surface area contributed by atoms with Crippen LogP contribution in [0.1, 0.15) is 32.0 Å². The maximum absolute atomic E-state index is 13.7. The van der Waals surface area contributed by atoms with Gasteiger partial charge in [-0.1, -0.05) is 70.7 Å². The fourth-order valence-corrected chi connectivity index (χ4v) is 4.94. The molecule has 0 spiro atoms. The van der Waals surface area contributed by atoms with Crippen LogP contribution < -0.4 is 10.2 Å². The fourth-order valence-electron chi connectivity index (χ4n) is 4.09. The Balaban J connectivity index is 1.47. The van der Waals surface area contributed by atoms with Crippen molar-refractivity contribution in [1.29, 1.82) is 0 Å². The number of rotatable bonds is 3. The molecule has 0 bridgehead atoms. The molecule has 3 aromatic carbocycles. The zero-order valence-corrected chi connectivity index (χ0v) is 21.1. The Hall–Kier alpha value is -2.96. The number of fused-ring (bicyclic) bond motifs is 2. The molecule has 0 saturated carbocycles. The van der Waals surface area contributed by atoms with Crippen LogP contribution in [0, 0.1) is 0 Å². The highest BCUT2D eigenvalue weighted by Gasteiger charge is 2.27. The molecule has 4 aromatic rings. The number of amides is 2. The van der Waals surface area contributed by atoms with E-state index in [4.69, 9.17) is 46.4 Å². The zero-order chi connectivity index (χ0) is 24.7. The third kappa shape index (κ3) is 4.41. The van der Waals surface area contributed by atoms with E-state index in [1.807, 2.05) is 42.6 Å². The molecule has 0 saturated heterocycles. The average Bonchev–Trinajstić information content (AvgIpc) is 3.22. The molecule has 9 heteroatoms. The zero-order valence-electron chi connectivity index (χ0n) is 18.1. The van der Waals surface area contributed by atoms with Crippen LogP contribution in [-0.2, 0) is 13.1 Å². The van der Waals surface area contributed by atoms with Crippen LogP contribution in [0.25, 0.3) is 0 Å². The lowest BCUT2D eigenvalue weighted by Gasteiger charge is -2.24. The Labute approximate surface area is 221 Å². The predicted molar refractivity (Wildman–Crippen MR) is 141 cm³/mol. The summed E-state index contributed by atoms with van der Waals surface area (Å²) in [6.45, 7) is 1.04. The van der Waals surface area contributed by atoms with Gasteiger partial charge in [0.1, 0.15) is 0 Å². The third-order valence-corrected chi connectivity index (χ3v) is 7.57. The van der Waals surface area contributed by atoms with Crippen LogP contribution in [0.2, 0.25) is 20.1 Å². The standard InChI is InChI=1S/C26H17Cl4N3O2/c27-19-8-3-7-17(22(19)28)25(34)31-20-11-10-18(23(29)24(20)30)26(35)33-14-16-6-4-12-32(16)13-15-5-1-2-9-21(15)33/h1-12H,13-14H2,(H,31,34). The summed E-state index contributed by atoms with van der Waals surface area (Å²) >= 11 is 25.2.